The molecule has 0 aromatic rings. The van der Waals surface area contributed by atoms with Crippen molar-refractivity contribution in [2.24, 2.45) is 17.3 Å². The molecule has 1 spiro atoms. The van der Waals surface area contributed by atoms with E-state index in [2.05, 4.69) is 23.9 Å². The standard InChI is InChI=1S/C18H34N2/c1-19(2)10-5-11-20-12-8-18(9-13-20)14-16-6-3-4-7-17(16)15-18/h16-17H,3-15H2,1-2H3/t16-,17-/m0/s1. The van der Waals surface area contributed by atoms with Gasteiger partial charge in [-0.3, -0.25) is 0 Å². The van der Waals surface area contributed by atoms with E-state index in [1.165, 1.54) is 58.3 Å². The summed E-state index contributed by atoms with van der Waals surface area (Å²) < 4.78 is 0. The maximum absolute atomic E-state index is 2.73. The van der Waals surface area contributed by atoms with Crippen molar-refractivity contribution in [2.45, 2.75) is 57.8 Å². The van der Waals surface area contributed by atoms with E-state index in [0.29, 0.717) is 0 Å². The largest absolute Gasteiger partial charge is 0.309 e. The van der Waals surface area contributed by atoms with Crippen LogP contribution in [-0.4, -0.2) is 50.1 Å². The smallest absolute Gasteiger partial charge is 0.000654 e. The molecule has 2 saturated carbocycles. The van der Waals surface area contributed by atoms with Crippen LogP contribution in [0.4, 0.5) is 0 Å². The molecule has 0 radical (unpaired) electrons. The summed E-state index contributed by atoms with van der Waals surface area (Å²) >= 11 is 0. The van der Waals surface area contributed by atoms with Crippen molar-refractivity contribution in [3.8, 4) is 0 Å². The molecule has 3 aliphatic rings. The molecule has 116 valence electrons. The molecule has 2 aliphatic carbocycles. The Morgan fingerprint density at radius 2 is 1.60 bits per heavy atom. The van der Waals surface area contributed by atoms with Gasteiger partial charge < -0.3 is 9.80 Å². The molecule has 3 fully saturated rings. The van der Waals surface area contributed by atoms with E-state index in [4.69, 9.17) is 0 Å². The molecule has 3 rings (SSSR count). The molecule has 0 unspecified atom stereocenters. The molecule has 0 aromatic heterocycles. The lowest BCUT2D eigenvalue weighted by molar-refractivity contribution is 0.100. The number of hydrogen-bond donors (Lipinski definition) is 0. The summed E-state index contributed by atoms with van der Waals surface area (Å²) in [6, 6.07) is 0. The highest BCUT2D eigenvalue weighted by molar-refractivity contribution is 4.98. The quantitative estimate of drug-likeness (QED) is 0.775. The fourth-order valence-corrected chi connectivity index (χ4v) is 5.29. The van der Waals surface area contributed by atoms with Crippen LogP contribution in [-0.2, 0) is 0 Å². The zero-order valence-corrected chi connectivity index (χ0v) is 13.7. The maximum atomic E-state index is 2.73. The van der Waals surface area contributed by atoms with Gasteiger partial charge in [0.1, 0.15) is 0 Å². The molecule has 1 heterocycles. The van der Waals surface area contributed by atoms with Crippen molar-refractivity contribution >= 4 is 0 Å². The first-order chi connectivity index (χ1) is 9.67. The van der Waals surface area contributed by atoms with Gasteiger partial charge in [0.05, 0.1) is 0 Å². The van der Waals surface area contributed by atoms with E-state index in [1.807, 2.05) is 0 Å². The Hall–Kier alpha value is -0.0800. The van der Waals surface area contributed by atoms with Crippen LogP contribution in [0.15, 0.2) is 0 Å². The summed E-state index contributed by atoms with van der Waals surface area (Å²) in [5.74, 6) is 2.23. The van der Waals surface area contributed by atoms with Gasteiger partial charge in [-0.05, 0) is 89.6 Å². The van der Waals surface area contributed by atoms with Crippen molar-refractivity contribution in [1.29, 1.82) is 0 Å². The molecular weight excluding hydrogens is 244 g/mol. The molecule has 2 atom stereocenters. The van der Waals surface area contributed by atoms with Crippen LogP contribution in [0.3, 0.4) is 0 Å². The maximum Gasteiger partial charge on any atom is -0.000654 e. The molecule has 1 saturated heterocycles. The minimum absolute atomic E-state index is 0.776. The van der Waals surface area contributed by atoms with Crippen LogP contribution < -0.4 is 0 Å². The SMILES string of the molecule is CN(C)CCCN1CCC2(CC1)C[C@@H]1CCCC[C@H]1C2. The second-order valence-corrected chi connectivity index (χ2v) is 8.21. The number of fused-ring (bicyclic) bond motifs is 1. The Labute approximate surface area is 125 Å². The van der Waals surface area contributed by atoms with E-state index in [1.54, 1.807) is 25.7 Å². The summed E-state index contributed by atoms with van der Waals surface area (Å²) in [6.07, 6.45) is 13.7. The van der Waals surface area contributed by atoms with Gasteiger partial charge in [-0.2, -0.15) is 0 Å². The summed E-state index contributed by atoms with van der Waals surface area (Å²) in [5.41, 5.74) is 0.776. The molecule has 0 N–H and O–H groups in total. The van der Waals surface area contributed by atoms with Crippen LogP contribution in [0.2, 0.25) is 0 Å². The van der Waals surface area contributed by atoms with Crippen LogP contribution in [0, 0.1) is 17.3 Å². The van der Waals surface area contributed by atoms with Gasteiger partial charge in [0.15, 0.2) is 0 Å². The first-order valence-electron chi connectivity index (χ1n) is 9.04. The lowest BCUT2D eigenvalue weighted by Crippen LogP contribution is -2.40. The summed E-state index contributed by atoms with van der Waals surface area (Å²) in [5, 5.41) is 0. The number of nitrogens with zero attached hydrogens (tertiary/aromatic N) is 2. The van der Waals surface area contributed by atoms with Crippen LogP contribution >= 0.6 is 0 Å². The predicted octanol–water partition coefficient (Wildman–Crippen LogP) is 3.62. The van der Waals surface area contributed by atoms with Crippen LogP contribution in [0.1, 0.15) is 57.8 Å². The van der Waals surface area contributed by atoms with Crippen molar-refractivity contribution < 1.29 is 0 Å². The predicted molar refractivity (Wildman–Crippen MR) is 86.0 cm³/mol. The normalized spacial score (nSPS) is 33.8. The molecule has 2 nitrogen and oxygen atoms in total. The molecule has 0 bridgehead atoms. The van der Waals surface area contributed by atoms with E-state index in [0.717, 1.165) is 17.3 Å². The first kappa shape index (κ1) is 14.8. The van der Waals surface area contributed by atoms with Crippen molar-refractivity contribution in [3.63, 3.8) is 0 Å². The minimum atomic E-state index is 0.776. The van der Waals surface area contributed by atoms with Gasteiger partial charge >= 0.3 is 0 Å². The second kappa shape index (κ2) is 6.36. The third-order valence-electron chi connectivity index (χ3n) is 6.45. The Kier molecular flexibility index (Phi) is 4.72. The fourth-order valence-electron chi connectivity index (χ4n) is 5.29. The summed E-state index contributed by atoms with van der Waals surface area (Å²) in [4.78, 5) is 5.05. The molecule has 0 amide bonds. The topological polar surface area (TPSA) is 6.48 Å². The van der Waals surface area contributed by atoms with E-state index < -0.39 is 0 Å². The van der Waals surface area contributed by atoms with E-state index in [9.17, 15) is 0 Å². The van der Waals surface area contributed by atoms with Crippen LogP contribution in [0.25, 0.3) is 0 Å². The van der Waals surface area contributed by atoms with Gasteiger partial charge in [0.25, 0.3) is 0 Å². The van der Waals surface area contributed by atoms with Gasteiger partial charge in [0.2, 0.25) is 0 Å². The van der Waals surface area contributed by atoms with Gasteiger partial charge in [-0.1, -0.05) is 25.7 Å². The highest BCUT2D eigenvalue weighted by Gasteiger charge is 2.46. The van der Waals surface area contributed by atoms with Crippen molar-refractivity contribution in [3.05, 3.63) is 0 Å². The zero-order chi connectivity index (χ0) is 14.0. The lowest BCUT2D eigenvalue weighted by atomic mass is 9.76. The molecule has 0 aromatic carbocycles. The van der Waals surface area contributed by atoms with Crippen LogP contribution in [0.5, 0.6) is 0 Å². The number of rotatable bonds is 4. The highest BCUT2D eigenvalue weighted by atomic mass is 15.1. The number of piperidine rings is 1. The Balaban J connectivity index is 1.44. The average molecular weight is 278 g/mol. The van der Waals surface area contributed by atoms with Crippen molar-refractivity contribution in [1.82, 2.24) is 9.80 Å². The molecule has 1 aliphatic heterocycles. The average Bonchev–Trinajstić information content (AvgIpc) is 2.79. The number of hydrogen-bond acceptors (Lipinski definition) is 2. The van der Waals surface area contributed by atoms with Crippen molar-refractivity contribution in [2.75, 3.05) is 40.3 Å². The Bertz CT molecular complexity index is 289. The third-order valence-corrected chi connectivity index (χ3v) is 6.45. The number of likely N-dealkylation sites (tertiary alicyclic amines) is 1. The highest BCUT2D eigenvalue weighted by Crippen LogP contribution is 2.55. The van der Waals surface area contributed by atoms with Gasteiger partial charge in [-0.25, -0.2) is 0 Å². The summed E-state index contributed by atoms with van der Waals surface area (Å²) in [7, 11) is 4.37. The molecular formula is C18H34N2. The minimum Gasteiger partial charge on any atom is -0.309 e. The van der Waals surface area contributed by atoms with E-state index >= 15 is 0 Å². The zero-order valence-electron chi connectivity index (χ0n) is 13.7. The molecule has 2 heteroatoms. The Morgan fingerprint density at radius 1 is 1.00 bits per heavy atom. The second-order valence-electron chi connectivity index (χ2n) is 8.21. The van der Waals surface area contributed by atoms with E-state index in [-0.39, 0.29) is 0 Å². The van der Waals surface area contributed by atoms with Gasteiger partial charge in [0, 0.05) is 0 Å². The first-order valence-corrected chi connectivity index (χ1v) is 9.04. The lowest BCUT2D eigenvalue weighted by Gasteiger charge is -2.40. The van der Waals surface area contributed by atoms with Gasteiger partial charge in [-0.15, -0.1) is 0 Å². The third kappa shape index (κ3) is 3.39. The fraction of sp³-hybridized carbons (Fsp3) is 1.00. The monoisotopic (exact) mass is 278 g/mol. The Morgan fingerprint density at radius 3 is 2.15 bits per heavy atom. The summed E-state index contributed by atoms with van der Waals surface area (Å²) in [6.45, 7) is 5.33. The molecule has 20 heavy (non-hydrogen) atoms.